The van der Waals surface area contributed by atoms with Crippen molar-refractivity contribution in [2.24, 2.45) is 0 Å². The van der Waals surface area contributed by atoms with Gasteiger partial charge in [-0.2, -0.15) is 0 Å². The third-order valence-corrected chi connectivity index (χ3v) is 3.82. The highest BCUT2D eigenvalue weighted by atomic mass is 79.9. The van der Waals surface area contributed by atoms with E-state index in [1.54, 1.807) is 18.2 Å². The van der Waals surface area contributed by atoms with E-state index < -0.39 is 5.97 Å². The van der Waals surface area contributed by atoms with E-state index in [1.165, 1.54) is 25.3 Å². The number of amides is 1. The van der Waals surface area contributed by atoms with Gasteiger partial charge in [-0.25, -0.2) is 4.79 Å². The van der Waals surface area contributed by atoms with Crippen LogP contribution in [0.3, 0.4) is 0 Å². The molecule has 7 heteroatoms. The van der Waals surface area contributed by atoms with Gasteiger partial charge < -0.3 is 15.2 Å². The van der Waals surface area contributed by atoms with Gasteiger partial charge in [0.15, 0.2) is 0 Å². The minimum absolute atomic E-state index is 0.0737. The Morgan fingerprint density at radius 1 is 1.23 bits per heavy atom. The molecule has 114 valence electrons. The number of benzene rings is 2. The van der Waals surface area contributed by atoms with Crippen LogP contribution >= 0.6 is 27.5 Å². The van der Waals surface area contributed by atoms with Crippen LogP contribution < -0.4 is 10.1 Å². The molecular formula is C15H11BrClNO4. The van der Waals surface area contributed by atoms with E-state index in [0.717, 1.165) is 0 Å². The summed E-state index contributed by atoms with van der Waals surface area (Å²) in [5.74, 6) is -0.925. The van der Waals surface area contributed by atoms with Gasteiger partial charge in [0.05, 0.1) is 22.2 Å². The molecule has 0 spiro atoms. The van der Waals surface area contributed by atoms with Gasteiger partial charge >= 0.3 is 5.97 Å². The first kappa shape index (κ1) is 16.3. The van der Waals surface area contributed by atoms with Crippen molar-refractivity contribution in [2.45, 2.75) is 0 Å². The summed E-state index contributed by atoms with van der Waals surface area (Å²) in [5.41, 5.74) is 0.675. The molecule has 0 heterocycles. The van der Waals surface area contributed by atoms with Crippen molar-refractivity contribution >= 4 is 45.1 Å². The van der Waals surface area contributed by atoms with Crippen LogP contribution in [0.1, 0.15) is 20.7 Å². The normalized spacial score (nSPS) is 10.1. The number of carbonyl (C=O) groups excluding carboxylic acids is 1. The lowest BCUT2D eigenvalue weighted by Crippen LogP contribution is -2.12. The Morgan fingerprint density at radius 3 is 2.55 bits per heavy atom. The van der Waals surface area contributed by atoms with E-state index in [4.69, 9.17) is 21.4 Å². The van der Waals surface area contributed by atoms with Crippen molar-refractivity contribution in [3.8, 4) is 5.75 Å². The lowest BCUT2D eigenvalue weighted by molar-refractivity contribution is 0.0696. The Labute approximate surface area is 140 Å². The number of anilines is 1. The van der Waals surface area contributed by atoms with Gasteiger partial charge in [-0.05, 0) is 52.3 Å². The van der Waals surface area contributed by atoms with E-state index in [0.29, 0.717) is 21.5 Å². The van der Waals surface area contributed by atoms with Gasteiger partial charge in [0.25, 0.3) is 5.91 Å². The molecule has 0 saturated carbocycles. The second-order valence-electron chi connectivity index (χ2n) is 4.30. The van der Waals surface area contributed by atoms with Crippen molar-refractivity contribution in [2.75, 3.05) is 12.4 Å². The largest absolute Gasteiger partial charge is 0.496 e. The van der Waals surface area contributed by atoms with Crippen LogP contribution in [0.4, 0.5) is 5.69 Å². The highest BCUT2D eigenvalue weighted by Gasteiger charge is 2.13. The average molecular weight is 385 g/mol. The summed E-state index contributed by atoms with van der Waals surface area (Å²) < 4.78 is 5.74. The number of ether oxygens (including phenoxy) is 1. The molecule has 0 aliphatic heterocycles. The number of aromatic carboxylic acids is 1. The van der Waals surface area contributed by atoms with E-state index in [9.17, 15) is 9.59 Å². The zero-order valence-electron chi connectivity index (χ0n) is 11.4. The predicted octanol–water partition coefficient (Wildman–Crippen LogP) is 4.06. The van der Waals surface area contributed by atoms with Gasteiger partial charge in [-0.1, -0.05) is 11.6 Å². The van der Waals surface area contributed by atoms with Gasteiger partial charge in [0.1, 0.15) is 5.75 Å². The molecule has 0 fully saturated rings. The number of hydrogen-bond donors (Lipinski definition) is 2. The average Bonchev–Trinajstić information content (AvgIpc) is 2.48. The number of carboxylic acids is 1. The Morgan fingerprint density at radius 2 is 1.95 bits per heavy atom. The SMILES string of the molecule is COc1ccc(C(=O)Nc2ccc(Cl)c(C(=O)O)c2)cc1Br. The molecule has 2 N–H and O–H groups in total. The standard InChI is InChI=1S/C15H11BrClNO4/c1-22-13-5-2-8(6-11(13)16)14(19)18-9-3-4-12(17)10(7-9)15(20)21/h2-7H,1H3,(H,18,19)(H,20,21). The maximum atomic E-state index is 12.2. The fraction of sp³-hybridized carbons (Fsp3) is 0.0667. The lowest BCUT2D eigenvalue weighted by Gasteiger charge is -2.09. The molecule has 0 bridgehead atoms. The van der Waals surface area contributed by atoms with E-state index in [1.807, 2.05) is 0 Å². The van der Waals surface area contributed by atoms with Crippen molar-refractivity contribution in [3.05, 3.63) is 57.0 Å². The summed E-state index contributed by atoms with van der Waals surface area (Å²) in [6.45, 7) is 0. The smallest absolute Gasteiger partial charge is 0.337 e. The maximum absolute atomic E-state index is 12.2. The summed E-state index contributed by atoms with van der Waals surface area (Å²) in [6, 6.07) is 9.13. The van der Waals surface area contributed by atoms with E-state index >= 15 is 0 Å². The first-order chi connectivity index (χ1) is 10.4. The predicted molar refractivity (Wildman–Crippen MR) is 87.1 cm³/mol. The van der Waals surface area contributed by atoms with Gasteiger partial charge in [-0.3, -0.25) is 4.79 Å². The molecule has 22 heavy (non-hydrogen) atoms. The molecular weight excluding hydrogens is 374 g/mol. The molecule has 0 atom stereocenters. The number of carboxylic acid groups (broad SMARTS) is 1. The number of methoxy groups -OCH3 is 1. The highest BCUT2D eigenvalue weighted by molar-refractivity contribution is 9.10. The van der Waals surface area contributed by atoms with Gasteiger partial charge in [-0.15, -0.1) is 0 Å². The molecule has 0 radical (unpaired) electrons. The monoisotopic (exact) mass is 383 g/mol. The Balaban J connectivity index is 2.24. The van der Waals surface area contributed by atoms with Crippen LogP contribution in [-0.4, -0.2) is 24.1 Å². The van der Waals surface area contributed by atoms with Crippen molar-refractivity contribution in [3.63, 3.8) is 0 Å². The third kappa shape index (κ3) is 3.58. The zero-order chi connectivity index (χ0) is 16.3. The van der Waals surface area contributed by atoms with Crippen LogP contribution in [-0.2, 0) is 0 Å². The molecule has 0 unspecified atom stereocenters. The molecule has 0 aliphatic rings. The van der Waals surface area contributed by atoms with E-state index in [2.05, 4.69) is 21.2 Å². The van der Waals surface area contributed by atoms with Gasteiger partial charge in [0.2, 0.25) is 0 Å². The number of hydrogen-bond acceptors (Lipinski definition) is 3. The molecule has 5 nitrogen and oxygen atoms in total. The molecule has 2 aromatic rings. The molecule has 0 aliphatic carbocycles. The number of carbonyl (C=O) groups is 2. The second-order valence-corrected chi connectivity index (χ2v) is 5.56. The quantitative estimate of drug-likeness (QED) is 0.833. The minimum Gasteiger partial charge on any atom is -0.496 e. The highest BCUT2D eigenvalue weighted by Crippen LogP contribution is 2.26. The lowest BCUT2D eigenvalue weighted by atomic mass is 10.1. The van der Waals surface area contributed by atoms with Crippen LogP contribution in [0, 0.1) is 0 Å². The molecule has 0 saturated heterocycles. The minimum atomic E-state index is -1.16. The van der Waals surface area contributed by atoms with Crippen LogP contribution in [0.25, 0.3) is 0 Å². The van der Waals surface area contributed by atoms with Crippen LogP contribution in [0.5, 0.6) is 5.75 Å². The van der Waals surface area contributed by atoms with Crippen LogP contribution in [0.2, 0.25) is 5.02 Å². The molecule has 0 aromatic heterocycles. The third-order valence-electron chi connectivity index (χ3n) is 2.87. The number of halogens is 2. The molecule has 2 rings (SSSR count). The van der Waals surface area contributed by atoms with Crippen molar-refractivity contribution in [1.82, 2.24) is 0 Å². The Kier molecular flexibility index (Phi) is 5.05. The summed E-state index contributed by atoms with van der Waals surface area (Å²) >= 11 is 9.09. The molecule has 1 amide bonds. The van der Waals surface area contributed by atoms with Crippen molar-refractivity contribution < 1.29 is 19.4 Å². The van der Waals surface area contributed by atoms with E-state index in [-0.39, 0.29) is 16.5 Å². The zero-order valence-corrected chi connectivity index (χ0v) is 13.7. The topological polar surface area (TPSA) is 75.6 Å². The fourth-order valence-electron chi connectivity index (χ4n) is 1.78. The van der Waals surface area contributed by atoms with Crippen molar-refractivity contribution in [1.29, 1.82) is 0 Å². The molecule has 2 aromatic carbocycles. The maximum Gasteiger partial charge on any atom is 0.337 e. The first-order valence-electron chi connectivity index (χ1n) is 6.10. The number of rotatable bonds is 4. The first-order valence-corrected chi connectivity index (χ1v) is 7.27. The Hall–Kier alpha value is -2.05. The summed E-state index contributed by atoms with van der Waals surface area (Å²) in [4.78, 5) is 23.2. The summed E-state index contributed by atoms with van der Waals surface area (Å²) in [6.07, 6.45) is 0. The van der Waals surface area contributed by atoms with Gasteiger partial charge in [0, 0.05) is 11.3 Å². The summed E-state index contributed by atoms with van der Waals surface area (Å²) in [7, 11) is 1.53. The van der Waals surface area contributed by atoms with Crippen LogP contribution in [0.15, 0.2) is 40.9 Å². The Bertz CT molecular complexity index is 748. The second kappa shape index (κ2) is 6.81. The fourth-order valence-corrected chi connectivity index (χ4v) is 2.52. The summed E-state index contributed by atoms with van der Waals surface area (Å²) in [5, 5.41) is 11.7. The number of nitrogens with one attached hydrogen (secondary N) is 1.